The molecule has 1 rings (SSSR count). The second-order valence-electron chi connectivity index (χ2n) is 5.02. The zero-order chi connectivity index (χ0) is 14.1. The average Bonchev–Trinajstić information content (AvgIpc) is 2.37. The van der Waals surface area contributed by atoms with Gasteiger partial charge in [-0.25, -0.2) is 12.7 Å². The Balaban J connectivity index is 2.11. The molecule has 0 saturated carbocycles. The molecule has 1 saturated heterocycles. The molecule has 0 spiro atoms. The average molecular weight is 290 g/mol. The van der Waals surface area contributed by atoms with Crippen molar-refractivity contribution in [2.75, 3.05) is 45.6 Å². The molecule has 1 fully saturated rings. The zero-order valence-electron chi connectivity index (χ0n) is 11.8. The number of hydrogen-bond donors (Lipinski definition) is 1. The van der Waals surface area contributed by atoms with Gasteiger partial charge in [0, 0.05) is 19.6 Å². The molecule has 0 aromatic heterocycles. The van der Waals surface area contributed by atoms with E-state index in [1.165, 1.54) is 6.26 Å². The molecule has 6 heteroatoms. The number of sulfonamides is 1. The molecular formula is C13H26N2O3S. The summed E-state index contributed by atoms with van der Waals surface area (Å²) in [5.41, 5.74) is 0. The van der Waals surface area contributed by atoms with E-state index in [0.717, 1.165) is 39.0 Å². The third kappa shape index (κ3) is 7.06. The van der Waals surface area contributed by atoms with Crippen LogP contribution in [0.4, 0.5) is 0 Å². The molecule has 1 aliphatic rings. The molecule has 0 radical (unpaired) electrons. The number of piperidine rings is 1. The normalized spacial score (nSPS) is 21.4. The lowest BCUT2D eigenvalue weighted by atomic mass is 10.00. The number of hydrogen-bond acceptors (Lipinski definition) is 4. The Bertz CT molecular complexity index is 357. The van der Waals surface area contributed by atoms with Crippen molar-refractivity contribution < 1.29 is 13.2 Å². The number of nitrogens with one attached hydrogen (secondary N) is 1. The summed E-state index contributed by atoms with van der Waals surface area (Å²) in [5, 5.41) is 3.33. The Morgan fingerprint density at radius 2 is 2.26 bits per heavy atom. The van der Waals surface area contributed by atoms with E-state index in [1.807, 2.05) is 6.08 Å². The van der Waals surface area contributed by atoms with Gasteiger partial charge in [-0.05, 0) is 31.7 Å². The lowest BCUT2D eigenvalue weighted by Crippen LogP contribution is -2.42. The molecular weight excluding hydrogens is 264 g/mol. The topological polar surface area (TPSA) is 58.6 Å². The summed E-state index contributed by atoms with van der Waals surface area (Å²) in [7, 11) is -3.03. The molecule has 1 N–H and O–H groups in total. The summed E-state index contributed by atoms with van der Waals surface area (Å²) in [6.45, 7) is 8.02. The van der Waals surface area contributed by atoms with Crippen LogP contribution in [0.5, 0.6) is 0 Å². The highest BCUT2D eigenvalue weighted by molar-refractivity contribution is 7.88. The molecule has 1 atom stereocenters. The van der Waals surface area contributed by atoms with Crippen molar-refractivity contribution in [2.45, 2.75) is 19.3 Å². The Kier molecular flexibility index (Phi) is 7.60. The van der Waals surface area contributed by atoms with Crippen molar-refractivity contribution in [3.05, 3.63) is 12.7 Å². The molecule has 1 unspecified atom stereocenters. The van der Waals surface area contributed by atoms with Crippen LogP contribution in [0.3, 0.4) is 0 Å². The minimum Gasteiger partial charge on any atom is -0.380 e. The summed E-state index contributed by atoms with van der Waals surface area (Å²) < 4.78 is 30.0. The molecule has 1 heterocycles. The smallest absolute Gasteiger partial charge is 0.211 e. The summed E-state index contributed by atoms with van der Waals surface area (Å²) in [6.07, 6.45) is 6.06. The van der Waals surface area contributed by atoms with E-state index in [1.54, 1.807) is 4.31 Å². The predicted octanol–water partition coefficient (Wildman–Crippen LogP) is 0.840. The minimum absolute atomic E-state index is 0.414. The van der Waals surface area contributed by atoms with Crippen LogP contribution < -0.4 is 5.32 Å². The van der Waals surface area contributed by atoms with Gasteiger partial charge in [-0.1, -0.05) is 6.08 Å². The molecule has 19 heavy (non-hydrogen) atoms. The SMILES string of the molecule is C=CCCOCCNCC1CCCN(S(C)(=O)=O)C1. The van der Waals surface area contributed by atoms with Crippen LogP contribution in [0.1, 0.15) is 19.3 Å². The first kappa shape index (κ1) is 16.6. The fraction of sp³-hybridized carbons (Fsp3) is 0.846. The van der Waals surface area contributed by atoms with Gasteiger partial charge in [-0.3, -0.25) is 0 Å². The maximum Gasteiger partial charge on any atom is 0.211 e. The van der Waals surface area contributed by atoms with Gasteiger partial charge >= 0.3 is 0 Å². The number of ether oxygens (including phenoxy) is 1. The third-order valence-corrected chi connectivity index (χ3v) is 4.54. The third-order valence-electron chi connectivity index (χ3n) is 3.27. The Labute approximate surface area is 117 Å². The first-order valence-corrected chi connectivity index (χ1v) is 8.73. The van der Waals surface area contributed by atoms with Gasteiger partial charge in [0.1, 0.15) is 0 Å². The van der Waals surface area contributed by atoms with Crippen molar-refractivity contribution in [2.24, 2.45) is 5.92 Å². The molecule has 5 nitrogen and oxygen atoms in total. The van der Waals surface area contributed by atoms with Gasteiger partial charge in [0.15, 0.2) is 0 Å². The second-order valence-corrected chi connectivity index (χ2v) is 7.01. The standard InChI is InChI=1S/C13H26N2O3S/c1-3-4-9-18-10-7-14-11-13-6-5-8-15(12-13)19(2,16)17/h3,13-14H,1,4-12H2,2H3. The van der Waals surface area contributed by atoms with Crippen LogP contribution >= 0.6 is 0 Å². The minimum atomic E-state index is -3.03. The van der Waals surface area contributed by atoms with Crippen molar-refractivity contribution in [3.63, 3.8) is 0 Å². The first-order valence-electron chi connectivity index (χ1n) is 6.88. The maximum absolute atomic E-state index is 11.5. The number of rotatable bonds is 9. The van der Waals surface area contributed by atoms with Gasteiger partial charge < -0.3 is 10.1 Å². The fourth-order valence-electron chi connectivity index (χ4n) is 2.21. The second kappa shape index (κ2) is 8.68. The van der Waals surface area contributed by atoms with Crippen molar-refractivity contribution in [3.8, 4) is 0 Å². The highest BCUT2D eigenvalue weighted by atomic mass is 32.2. The Morgan fingerprint density at radius 3 is 2.95 bits per heavy atom. The van der Waals surface area contributed by atoms with Gasteiger partial charge in [0.2, 0.25) is 10.0 Å². The molecule has 0 aromatic rings. The molecule has 0 bridgehead atoms. The number of nitrogens with zero attached hydrogens (tertiary/aromatic N) is 1. The summed E-state index contributed by atoms with van der Waals surface area (Å²) in [6, 6.07) is 0. The summed E-state index contributed by atoms with van der Waals surface area (Å²) >= 11 is 0. The largest absolute Gasteiger partial charge is 0.380 e. The Morgan fingerprint density at radius 1 is 1.47 bits per heavy atom. The van der Waals surface area contributed by atoms with Gasteiger partial charge in [-0.15, -0.1) is 6.58 Å². The van der Waals surface area contributed by atoms with E-state index in [-0.39, 0.29) is 0 Å². The first-order chi connectivity index (χ1) is 9.04. The monoisotopic (exact) mass is 290 g/mol. The molecule has 1 aliphatic heterocycles. The van der Waals surface area contributed by atoms with Gasteiger partial charge in [0.25, 0.3) is 0 Å². The summed E-state index contributed by atoms with van der Waals surface area (Å²) in [4.78, 5) is 0. The van der Waals surface area contributed by atoms with E-state index >= 15 is 0 Å². The lowest BCUT2D eigenvalue weighted by molar-refractivity contribution is 0.138. The molecule has 112 valence electrons. The zero-order valence-corrected chi connectivity index (χ0v) is 12.6. The fourth-order valence-corrected chi connectivity index (χ4v) is 3.16. The summed E-state index contributed by atoms with van der Waals surface area (Å²) in [5.74, 6) is 0.414. The quantitative estimate of drug-likeness (QED) is 0.505. The van der Waals surface area contributed by atoms with E-state index in [2.05, 4.69) is 11.9 Å². The molecule has 0 amide bonds. The van der Waals surface area contributed by atoms with E-state index < -0.39 is 10.0 Å². The predicted molar refractivity (Wildman–Crippen MR) is 77.6 cm³/mol. The van der Waals surface area contributed by atoms with Crippen LogP contribution in [0, 0.1) is 5.92 Å². The Hall–Kier alpha value is -0.430. The molecule has 0 aromatic carbocycles. The van der Waals surface area contributed by atoms with Crippen molar-refractivity contribution in [1.29, 1.82) is 0 Å². The van der Waals surface area contributed by atoms with Crippen molar-refractivity contribution >= 4 is 10.0 Å². The van der Waals surface area contributed by atoms with Gasteiger partial charge in [-0.2, -0.15) is 0 Å². The van der Waals surface area contributed by atoms with Crippen molar-refractivity contribution in [1.82, 2.24) is 9.62 Å². The van der Waals surface area contributed by atoms with Crippen LogP contribution in [-0.2, 0) is 14.8 Å². The van der Waals surface area contributed by atoms with Crippen LogP contribution in [0.25, 0.3) is 0 Å². The van der Waals surface area contributed by atoms with Crippen LogP contribution in [0.15, 0.2) is 12.7 Å². The highest BCUT2D eigenvalue weighted by Crippen LogP contribution is 2.17. The van der Waals surface area contributed by atoms with Crippen LogP contribution in [-0.4, -0.2) is 58.4 Å². The van der Waals surface area contributed by atoms with Crippen LogP contribution in [0.2, 0.25) is 0 Å². The van der Waals surface area contributed by atoms with E-state index in [9.17, 15) is 8.42 Å². The lowest BCUT2D eigenvalue weighted by Gasteiger charge is -2.31. The molecule has 0 aliphatic carbocycles. The van der Waals surface area contributed by atoms with E-state index in [0.29, 0.717) is 25.6 Å². The van der Waals surface area contributed by atoms with E-state index in [4.69, 9.17) is 4.74 Å². The van der Waals surface area contributed by atoms with Gasteiger partial charge in [0.05, 0.1) is 19.5 Å². The highest BCUT2D eigenvalue weighted by Gasteiger charge is 2.25. The maximum atomic E-state index is 11.5.